The van der Waals surface area contributed by atoms with Gasteiger partial charge in [0.1, 0.15) is 0 Å². The molecule has 0 aliphatic carbocycles. The van der Waals surface area contributed by atoms with Crippen LogP contribution < -0.4 is 4.90 Å². The van der Waals surface area contributed by atoms with Gasteiger partial charge in [0.05, 0.1) is 4.90 Å². The Bertz CT molecular complexity index is 1130. The van der Waals surface area contributed by atoms with Crippen LogP contribution in [0.4, 0.5) is 5.13 Å². The summed E-state index contributed by atoms with van der Waals surface area (Å²) in [5, 5.41) is 0.838. The number of rotatable bonds is 4. The van der Waals surface area contributed by atoms with Gasteiger partial charge in [-0.2, -0.15) is 9.36 Å². The van der Waals surface area contributed by atoms with Gasteiger partial charge in [0.25, 0.3) is 0 Å². The summed E-state index contributed by atoms with van der Waals surface area (Å²) in [5.41, 5.74) is 0.841. The van der Waals surface area contributed by atoms with Crippen LogP contribution in [0, 0.1) is 0 Å². The van der Waals surface area contributed by atoms with Crippen LogP contribution in [0.15, 0.2) is 59.5 Å². The summed E-state index contributed by atoms with van der Waals surface area (Å²) in [5.74, 6) is 0.0285. The van der Waals surface area contributed by atoms with Gasteiger partial charge in [-0.1, -0.05) is 41.9 Å². The first-order chi connectivity index (χ1) is 13.3. The lowest BCUT2D eigenvalue weighted by atomic mass is 10.1. The van der Waals surface area contributed by atoms with E-state index in [0.717, 1.165) is 17.1 Å². The first-order valence-corrected chi connectivity index (χ1v) is 11.2. The zero-order chi connectivity index (χ0) is 19.9. The second-order valence-corrected chi connectivity index (χ2v) is 10.2. The quantitative estimate of drug-likeness (QED) is 0.624. The van der Waals surface area contributed by atoms with Crippen molar-refractivity contribution >= 4 is 44.0 Å². The molecule has 4 rings (SSSR count). The fourth-order valence-electron chi connectivity index (χ4n) is 3.15. The molecule has 1 saturated heterocycles. The van der Waals surface area contributed by atoms with Crippen molar-refractivity contribution in [2.45, 2.75) is 23.0 Å². The van der Waals surface area contributed by atoms with Crippen molar-refractivity contribution in [2.24, 2.45) is 0 Å². The Morgan fingerprint density at radius 2 is 1.79 bits per heavy atom. The molecule has 28 heavy (non-hydrogen) atoms. The Balaban J connectivity index is 1.65. The molecule has 144 valence electrons. The van der Waals surface area contributed by atoms with Crippen LogP contribution in [0.2, 0.25) is 5.02 Å². The van der Waals surface area contributed by atoms with E-state index in [-0.39, 0.29) is 17.9 Å². The van der Waals surface area contributed by atoms with Crippen LogP contribution in [0.1, 0.15) is 13.3 Å². The topological polar surface area (TPSA) is 80.2 Å². The predicted octanol–water partition coefficient (Wildman–Crippen LogP) is 3.83. The number of halogens is 1. The van der Waals surface area contributed by atoms with Gasteiger partial charge < -0.3 is 0 Å². The van der Waals surface area contributed by atoms with Gasteiger partial charge in [0.2, 0.25) is 11.0 Å². The molecule has 6 nitrogen and oxygen atoms in total. The summed E-state index contributed by atoms with van der Waals surface area (Å²) in [7, 11) is -3.88. The van der Waals surface area contributed by atoms with Crippen molar-refractivity contribution in [1.82, 2.24) is 9.36 Å². The van der Waals surface area contributed by atoms with Crippen LogP contribution in [0.25, 0.3) is 11.4 Å². The van der Waals surface area contributed by atoms with Gasteiger partial charge in [-0.15, -0.1) is 0 Å². The number of carbonyl (C=O) groups is 1. The molecule has 1 fully saturated rings. The maximum Gasteiger partial charge on any atom is 0.250 e. The maximum atomic E-state index is 13.2. The van der Waals surface area contributed by atoms with Gasteiger partial charge >= 0.3 is 0 Å². The Morgan fingerprint density at radius 1 is 1.11 bits per heavy atom. The van der Waals surface area contributed by atoms with Gasteiger partial charge in [-0.3, -0.25) is 9.69 Å². The van der Waals surface area contributed by atoms with Crippen molar-refractivity contribution in [3.63, 3.8) is 0 Å². The Hall–Kier alpha value is -2.29. The lowest BCUT2D eigenvalue weighted by molar-refractivity contribution is -0.118. The average Bonchev–Trinajstić information content (AvgIpc) is 3.29. The van der Waals surface area contributed by atoms with Crippen molar-refractivity contribution in [1.29, 1.82) is 0 Å². The fourth-order valence-corrected chi connectivity index (χ4v) is 5.71. The first-order valence-electron chi connectivity index (χ1n) is 8.54. The largest absolute Gasteiger partial charge is 0.285 e. The van der Waals surface area contributed by atoms with E-state index < -0.39 is 20.5 Å². The van der Waals surface area contributed by atoms with E-state index in [9.17, 15) is 13.2 Å². The second-order valence-electron chi connectivity index (χ2n) is 6.66. The molecular formula is C19H16ClN3O3S2. The van der Waals surface area contributed by atoms with Gasteiger partial charge in [0.15, 0.2) is 20.4 Å². The summed E-state index contributed by atoms with van der Waals surface area (Å²) < 4.78 is 29.1. The van der Waals surface area contributed by atoms with Gasteiger partial charge in [-0.25, -0.2) is 8.42 Å². The summed E-state index contributed by atoms with van der Waals surface area (Å²) in [6.07, 6.45) is 0.178. The Morgan fingerprint density at radius 3 is 2.46 bits per heavy atom. The van der Waals surface area contributed by atoms with Gasteiger partial charge in [0, 0.05) is 28.7 Å². The molecule has 1 aliphatic rings. The fraction of sp³-hybridized carbons (Fsp3) is 0.211. The van der Waals surface area contributed by atoms with E-state index in [1.807, 2.05) is 30.3 Å². The van der Waals surface area contributed by atoms with Crippen LogP contribution in [0.3, 0.4) is 0 Å². The lowest BCUT2D eigenvalue weighted by Gasteiger charge is -2.22. The highest BCUT2D eigenvalue weighted by Crippen LogP contribution is 2.38. The molecule has 0 N–H and O–H groups in total. The monoisotopic (exact) mass is 433 g/mol. The number of aromatic nitrogens is 2. The molecule has 1 amide bonds. The SMILES string of the molecule is CC1(S(=O)(=O)c2ccc(Cl)cc2)CCN(c2nc(-c3ccccc3)ns2)C1=O. The number of amides is 1. The highest BCUT2D eigenvalue weighted by atomic mass is 35.5. The maximum absolute atomic E-state index is 13.2. The molecule has 3 aromatic rings. The zero-order valence-electron chi connectivity index (χ0n) is 14.9. The van der Waals surface area contributed by atoms with E-state index in [1.54, 1.807) is 0 Å². The van der Waals surface area contributed by atoms with Crippen molar-refractivity contribution in [2.75, 3.05) is 11.4 Å². The number of hydrogen-bond donors (Lipinski definition) is 0. The van der Waals surface area contributed by atoms with E-state index >= 15 is 0 Å². The molecule has 0 saturated carbocycles. The Kier molecular flexibility index (Phi) is 4.73. The lowest BCUT2D eigenvalue weighted by Crippen LogP contribution is -2.44. The first kappa shape index (κ1) is 19.0. The van der Waals surface area contributed by atoms with Crippen molar-refractivity contribution < 1.29 is 13.2 Å². The molecule has 1 unspecified atom stereocenters. The normalized spacial score (nSPS) is 19.9. The minimum atomic E-state index is -3.88. The third kappa shape index (κ3) is 3.01. The summed E-state index contributed by atoms with van der Waals surface area (Å²) >= 11 is 6.94. The van der Waals surface area contributed by atoms with Crippen molar-refractivity contribution in [3.8, 4) is 11.4 Å². The average molecular weight is 434 g/mol. The zero-order valence-corrected chi connectivity index (χ0v) is 17.3. The van der Waals surface area contributed by atoms with E-state index in [4.69, 9.17) is 11.6 Å². The summed E-state index contributed by atoms with van der Waals surface area (Å²) in [6.45, 7) is 1.74. The number of benzene rings is 2. The number of nitrogens with zero attached hydrogens (tertiary/aromatic N) is 3. The molecule has 2 aromatic carbocycles. The molecule has 1 aliphatic heterocycles. The minimum absolute atomic E-state index is 0.0804. The third-order valence-electron chi connectivity index (χ3n) is 4.91. The summed E-state index contributed by atoms with van der Waals surface area (Å²) in [4.78, 5) is 19.1. The predicted molar refractivity (Wildman–Crippen MR) is 109 cm³/mol. The van der Waals surface area contributed by atoms with E-state index in [2.05, 4.69) is 9.36 Å². The standard InChI is InChI=1S/C19H16ClN3O3S2/c1-19(28(25,26)15-9-7-14(20)8-10-15)11-12-23(17(19)24)18-21-16(22-27-18)13-5-3-2-4-6-13/h2-10H,11-12H2,1H3. The van der Waals surface area contributed by atoms with E-state index in [0.29, 0.717) is 16.0 Å². The molecule has 0 bridgehead atoms. The van der Waals surface area contributed by atoms with Crippen LogP contribution in [0.5, 0.6) is 0 Å². The summed E-state index contributed by atoms with van der Waals surface area (Å²) in [6, 6.07) is 15.3. The van der Waals surface area contributed by atoms with Crippen LogP contribution in [-0.4, -0.2) is 35.0 Å². The van der Waals surface area contributed by atoms with Crippen LogP contribution in [-0.2, 0) is 14.6 Å². The molecule has 2 heterocycles. The molecule has 1 atom stereocenters. The van der Waals surface area contributed by atoms with Crippen molar-refractivity contribution in [3.05, 3.63) is 59.6 Å². The Labute approximate surface area is 171 Å². The molecule has 1 aromatic heterocycles. The van der Waals surface area contributed by atoms with Gasteiger partial charge in [-0.05, 0) is 37.6 Å². The smallest absolute Gasteiger partial charge is 0.250 e. The second kappa shape index (κ2) is 6.95. The van der Waals surface area contributed by atoms with Crippen LogP contribution >= 0.6 is 23.1 Å². The number of carbonyl (C=O) groups excluding carboxylic acids is 1. The molecule has 0 radical (unpaired) electrons. The number of hydrogen-bond acceptors (Lipinski definition) is 6. The highest BCUT2D eigenvalue weighted by molar-refractivity contribution is 7.93. The highest BCUT2D eigenvalue weighted by Gasteiger charge is 2.54. The molecule has 0 spiro atoms. The minimum Gasteiger partial charge on any atom is -0.285 e. The molecular weight excluding hydrogens is 418 g/mol. The molecule has 9 heteroatoms. The number of anilines is 1. The number of sulfone groups is 1. The third-order valence-corrected chi connectivity index (χ3v) is 8.35. The van der Waals surface area contributed by atoms with E-state index in [1.165, 1.54) is 36.1 Å².